The van der Waals surface area contributed by atoms with E-state index < -0.39 is 10.0 Å². The standard InChI is InChI=1S/C8H20N2O3S/c1-8(4-6-13-2)10-5-3-7-14(9,11)12/h8,10H,3-7H2,1-2H3,(H2,9,11,12). The van der Waals surface area contributed by atoms with Gasteiger partial charge >= 0.3 is 0 Å². The molecular formula is C8H20N2O3S. The minimum Gasteiger partial charge on any atom is -0.385 e. The van der Waals surface area contributed by atoms with Gasteiger partial charge in [0, 0.05) is 19.8 Å². The molecule has 0 bridgehead atoms. The molecule has 0 amide bonds. The number of hydrogen-bond donors (Lipinski definition) is 2. The van der Waals surface area contributed by atoms with Gasteiger partial charge < -0.3 is 10.1 Å². The van der Waals surface area contributed by atoms with Crippen LogP contribution in [-0.4, -0.2) is 40.5 Å². The molecule has 0 fully saturated rings. The molecule has 0 heterocycles. The highest BCUT2D eigenvalue weighted by Crippen LogP contribution is 1.91. The van der Waals surface area contributed by atoms with Gasteiger partial charge in [0.05, 0.1) is 5.75 Å². The first-order chi connectivity index (χ1) is 6.45. The lowest BCUT2D eigenvalue weighted by atomic mass is 10.2. The summed E-state index contributed by atoms with van der Waals surface area (Å²) < 4.78 is 26.1. The second kappa shape index (κ2) is 7.17. The van der Waals surface area contributed by atoms with Gasteiger partial charge in [-0.1, -0.05) is 0 Å². The molecule has 86 valence electrons. The normalized spacial score (nSPS) is 14.2. The minimum atomic E-state index is -3.30. The Morgan fingerprint density at radius 2 is 2.14 bits per heavy atom. The van der Waals surface area contributed by atoms with Crippen LogP contribution in [-0.2, 0) is 14.8 Å². The van der Waals surface area contributed by atoms with Crippen molar-refractivity contribution < 1.29 is 13.2 Å². The molecule has 0 aliphatic heterocycles. The van der Waals surface area contributed by atoms with Crippen LogP contribution in [0, 0.1) is 0 Å². The zero-order valence-corrected chi connectivity index (χ0v) is 9.64. The van der Waals surface area contributed by atoms with E-state index in [4.69, 9.17) is 9.88 Å². The average Bonchev–Trinajstić information content (AvgIpc) is 2.07. The van der Waals surface area contributed by atoms with Gasteiger partial charge in [0.15, 0.2) is 0 Å². The molecule has 0 saturated carbocycles. The van der Waals surface area contributed by atoms with E-state index in [9.17, 15) is 8.42 Å². The number of primary sulfonamides is 1. The summed E-state index contributed by atoms with van der Waals surface area (Å²) in [6, 6.07) is 0.343. The molecule has 0 aromatic rings. The molecule has 14 heavy (non-hydrogen) atoms. The summed E-state index contributed by atoms with van der Waals surface area (Å²) in [6.45, 7) is 3.42. The monoisotopic (exact) mass is 224 g/mol. The molecule has 1 unspecified atom stereocenters. The van der Waals surface area contributed by atoms with Gasteiger partial charge in [-0.15, -0.1) is 0 Å². The molecule has 0 aromatic heterocycles. The second-order valence-corrected chi connectivity index (χ2v) is 5.09. The molecule has 0 saturated heterocycles. The van der Waals surface area contributed by atoms with E-state index >= 15 is 0 Å². The Bertz CT molecular complexity index is 229. The highest BCUT2D eigenvalue weighted by atomic mass is 32.2. The molecule has 0 radical (unpaired) electrons. The van der Waals surface area contributed by atoms with Crippen molar-refractivity contribution in [1.29, 1.82) is 0 Å². The third-order valence-corrected chi connectivity index (χ3v) is 2.71. The van der Waals surface area contributed by atoms with Crippen molar-refractivity contribution in [3.63, 3.8) is 0 Å². The van der Waals surface area contributed by atoms with Crippen LogP contribution in [0.2, 0.25) is 0 Å². The summed E-state index contributed by atoms with van der Waals surface area (Å²) in [6.07, 6.45) is 1.47. The molecule has 3 N–H and O–H groups in total. The summed E-state index contributed by atoms with van der Waals surface area (Å²) in [5.74, 6) is 0.0387. The highest BCUT2D eigenvalue weighted by molar-refractivity contribution is 7.89. The maximum atomic E-state index is 10.6. The van der Waals surface area contributed by atoms with E-state index in [1.54, 1.807) is 7.11 Å². The summed E-state index contributed by atoms with van der Waals surface area (Å²) in [4.78, 5) is 0. The first kappa shape index (κ1) is 13.8. The number of methoxy groups -OCH3 is 1. The number of sulfonamides is 1. The predicted molar refractivity (Wildman–Crippen MR) is 56.5 cm³/mol. The van der Waals surface area contributed by atoms with Crippen LogP contribution in [0.5, 0.6) is 0 Å². The molecule has 6 heteroatoms. The molecule has 0 rings (SSSR count). The van der Waals surface area contributed by atoms with Gasteiger partial charge in [-0.3, -0.25) is 0 Å². The number of rotatable bonds is 8. The molecular weight excluding hydrogens is 204 g/mol. The van der Waals surface area contributed by atoms with Gasteiger partial charge in [0.2, 0.25) is 10.0 Å². The smallest absolute Gasteiger partial charge is 0.209 e. The van der Waals surface area contributed by atoms with Crippen LogP contribution in [0.15, 0.2) is 0 Å². The Labute approximate surface area is 86.1 Å². The lowest BCUT2D eigenvalue weighted by molar-refractivity contribution is 0.185. The van der Waals surface area contributed by atoms with E-state index in [1.807, 2.05) is 6.92 Å². The first-order valence-electron chi connectivity index (χ1n) is 4.68. The van der Waals surface area contributed by atoms with Crippen LogP contribution >= 0.6 is 0 Å². The summed E-state index contributed by atoms with van der Waals surface area (Å²) in [7, 11) is -1.64. The van der Waals surface area contributed by atoms with Gasteiger partial charge in [-0.2, -0.15) is 0 Å². The van der Waals surface area contributed by atoms with Crippen molar-refractivity contribution in [3.05, 3.63) is 0 Å². The number of ether oxygens (including phenoxy) is 1. The number of nitrogens with one attached hydrogen (secondary N) is 1. The van der Waals surface area contributed by atoms with Crippen LogP contribution in [0.4, 0.5) is 0 Å². The van der Waals surface area contributed by atoms with Gasteiger partial charge in [-0.25, -0.2) is 13.6 Å². The van der Waals surface area contributed by atoms with Gasteiger partial charge in [-0.05, 0) is 26.3 Å². The SMILES string of the molecule is COCCC(C)NCCCS(N)(=O)=O. The maximum Gasteiger partial charge on any atom is 0.209 e. The van der Waals surface area contributed by atoms with E-state index in [0.717, 1.165) is 6.42 Å². The van der Waals surface area contributed by atoms with Crippen molar-refractivity contribution in [2.24, 2.45) is 5.14 Å². The van der Waals surface area contributed by atoms with Crippen molar-refractivity contribution in [2.45, 2.75) is 25.8 Å². The molecule has 0 spiro atoms. The molecule has 0 aromatic carbocycles. The summed E-state index contributed by atoms with van der Waals surface area (Å²) >= 11 is 0. The largest absolute Gasteiger partial charge is 0.385 e. The Balaban J connectivity index is 3.36. The van der Waals surface area contributed by atoms with Crippen molar-refractivity contribution in [3.8, 4) is 0 Å². The Morgan fingerprint density at radius 3 is 2.64 bits per heavy atom. The molecule has 1 atom stereocenters. The molecule has 5 nitrogen and oxygen atoms in total. The van der Waals surface area contributed by atoms with E-state index in [1.165, 1.54) is 0 Å². The molecule has 0 aliphatic carbocycles. The zero-order chi connectivity index (χ0) is 11.0. The fourth-order valence-corrected chi connectivity index (χ4v) is 1.57. The topological polar surface area (TPSA) is 81.4 Å². The molecule has 0 aliphatic rings. The highest BCUT2D eigenvalue weighted by Gasteiger charge is 2.03. The van der Waals surface area contributed by atoms with Crippen LogP contribution in [0.1, 0.15) is 19.8 Å². The van der Waals surface area contributed by atoms with E-state index in [-0.39, 0.29) is 5.75 Å². The van der Waals surface area contributed by atoms with Crippen molar-refractivity contribution in [1.82, 2.24) is 5.32 Å². The van der Waals surface area contributed by atoms with Crippen molar-refractivity contribution >= 4 is 10.0 Å². The lowest BCUT2D eigenvalue weighted by Gasteiger charge is -2.12. The maximum absolute atomic E-state index is 10.6. The first-order valence-corrected chi connectivity index (χ1v) is 6.40. The quantitative estimate of drug-likeness (QED) is 0.554. The third-order valence-electron chi connectivity index (χ3n) is 1.85. The fraction of sp³-hybridized carbons (Fsp3) is 1.00. The van der Waals surface area contributed by atoms with Crippen molar-refractivity contribution in [2.75, 3.05) is 26.0 Å². The minimum absolute atomic E-state index is 0.0387. The Kier molecular flexibility index (Phi) is 7.08. The summed E-state index contributed by atoms with van der Waals surface area (Å²) in [5, 5.41) is 8.05. The second-order valence-electron chi connectivity index (χ2n) is 3.36. The summed E-state index contributed by atoms with van der Waals surface area (Å²) in [5.41, 5.74) is 0. The van der Waals surface area contributed by atoms with Crippen LogP contribution in [0.25, 0.3) is 0 Å². The predicted octanol–water partition coefficient (Wildman–Crippen LogP) is -0.320. The number of nitrogens with two attached hydrogens (primary N) is 1. The van der Waals surface area contributed by atoms with Crippen LogP contribution < -0.4 is 10.5 Å². The average molecular weight is 224 g/mol. The Hall–Kier alpha value is -0.170. The third kappa shape index (κ3) is 9.91. The lowest BCUT2D eigenvalue weighted by Crippen LogP contribution is -2.30. The Morgan fingerprint density at radius 1 is 1.50 bits per heavy atom. The van der Waals surface area contributed by atoms with Crippen LogP contribution in [0.3, 0.4) is 0 Å². The van der Waals surface area contributed by atoms with Gasteiger partial charge in [0.1, 0.15) is 0 Å². The zero-order valence-electron chi connectivity index (χ0n) is 8.82. The fourth-order valence-electron chi connectivity index (χ4n) is 1.02. The van der Waals surface area contributed by atoms with E-state index in [2.05, 4.69) is 5.32 Å². The number of hydrogen-bond acceptors (Lipinski definition) is 4. The van der Waals surface area contributed by atoms with E-state index in [0.29, 0.717) is 25.6 Å². The van der Waals surface area contributed by atoms with Gasteiger partial charge in [0.25, 0.3) is 0 Å².